The van der Waals surface area contributed by atoms with E-state index in [1.54, 1.807) is 24.3 Å². The van der Waals surface area contributed by atoms with E-state index < -0.39 is 0 Å². The number of nitrogens with zero attached hydrogens (tertiary/aromatic N) is 1. The van der Waals surface area contributed by atoms with Crippen molar-refractivity contribution in [2.24, 2.45) is 0 Å². The lowest BCUT2D eigenvalue weighted by Crippen LogP contribution is -2.26. The normalized spacial score (nSPS) is 10.5. The van der Waals surface area contributed by atoms with E-state index in [0.717, 1.165) is 16.5 Å². The van der Waals surface area contributed by atoms with E-state index in [-0.39, 0.29) is 18.9 Å². The van der Waals surface area contributed by atoms with E-state index in [1.165, 1.54) is 11.3 Å². The summed E-state index contributed by atoms with van der Waals surface area (Å²) in [5, 5.41) is 14.7. The van der Waals surface area contributed by atoms with Crippen LogP contribution in [0.4, 0.5) is 0 Å². The number of hydrogen-bond acceptors (Lipinski definition) is 5. The molecule has 0 aliphatic heterocycles. The predicted octanol–water partition coefficient (Wildman–Crippen LogP) is 2.42. The minimum Gasteiger partial charge on any atom is -0.486 e. The number of aromatic nitrogens is 1. The number of rotatable bonds is 8. The summed E-state index contributed by atoms with van der Waals surface area (Å²) in [6, 6.07) is 7.12. The summed E-state index contributed by atoms with van der Waals surface area (Å²) in [4.78, 5) is 16.0. The Bertz CT molecular complexity index is 601. The highest BCUT2D eigenvalue weighted by Gasteiger charge is 2.08. The molecule has 1 heterocycles. The zero-order valence-corrected chi connectivity index (χ0v) is 13.5. The third kappa shape index (κ3) is 5.63. The third-order valence-electron chi connectivity index (χ3n) is 2.77. The summed E-state index contributed by atoms with van der Waals surface area (Å²) in [5.41, 5.74) is 0.723. The van der Waals surface area contributed by atoms with Crippen molar-refractivity contribution < 1.29 is 14.6 Å². The van der Waals surface area contributed by atoms with E-state index in [1.807, 2.05) is 5.38 Å². The van der Waals surface area contributed by atoms with E-state index in [0.29, 0.717) is 24.6 Å². The molecule has 0 fully saturated rings. The molecule has 2 aromatic rings. The van der Waals surface area contributed by atoms with Crippen LogP contribution in [0.1, 0.15) is 17.1 Å². The van der Waals surface area contributed by atoms with Crippen molar-refractivity contribution in [2.75, 3.05) is 13.2 Å². The van der Waals surface area contributed by atoms with Crippen molar-refractivity contribution >= 4 is 28.8 Å². The van der Waals surface area contributed by atoms with Crippen LogP contribution >= 0.6 is 22.9 Å². The molecule has 1 aromatic heterocycles. The molecule has 1 aromatic carbocycles. The van der Waals surface area contributed by atoms with Crippen molar-refractivity contribution in [3.05, 3.63) is 45.4 Å². The fourth-order valence-corrected chi connectivity index (χ4v) is 2.54. The highest BCUT2D eigenvalue weighted by molar-refractivity contribution is 7.09. The van der Waals surface area contributed by atoms with Crippen LogP contribution in [0.15, 0.2) is 29.6 Å². The lowest BCUT2D eigenvalue weighted by molar-refractivity contribution is -0.120. The second-order valence-corrected chi connectivity index (χ2v) is 5.96. The number of aliphatic hydroxyl groups excluding tert-OH is 1. The van der Waals surface area contributed by atoms with Crippen LogP contribution in [0.25, 0.3) is 0 Å². The topological polar surface area (TPSA) is 71.5 Å². The van der Waals surface area contributed by atoms with Gasteiger partial charge in [0, 0.05) is 23.6 Å². The van der Waals surface area contributed by atoms with Crippen LogP contribution in [0.5, 0.6) is 5.75 Å². The quantitative estimate of drug-likeness (QED) is 0.724. The molecule has 7 heteroatoms. The Balaban J connectivity index is 1.78. The highest BCUT2D eigenvalue weighted by Crippen LogP contribution is 2.18. The molecule has 2 N–H and O–H groups in total. The Morgan fingerprint density at radius 3 is 2.86 bits per heavy atom. The summed E-state index contributed by atoms with van der Waals surface area (Å²) in [6.07, 6.45) is 0.797. The number of carbonyl (C=O) groups is 1. The van der Waals surface area contributed by atoms with Gasteiger partial charge < -0.3 is 15.2 Å². The lowest BCUT2D eigenvalue weighted by atomic mass is 10.3. The largest absolute Gasteiger partial charge is 0.486 e. The Morgan fingerprint density at radius 1 is 1.36 bits per heavy atom. The van der Waals surface area contributed by atoms with Crippen LogP contribution in [0, 0.1) is 0 Å². The first kappa shape index (κ1) is 16.7. The molecule has 0 unspecified atom stereocenters. The van der Waals surface area contributed by atoms with E-state index >= 15 is 0 Å². The Kier molecular flexibility index (Phi) is 6.64. The second kappa shape index (κ2) is 8.73. The molecule has 0 radical (unpaired) electrons. The molecule has 1 amide bonds. The van der Waals surface area contributed by atoms with Gasteiger partial charge >= 0.3 is 0 Å². The smallest absolute Gasteiger partial charge is 0.226 e. The van der Waals surface area contributed by atoms with Crippen LogP contribution in [-0.4, -0.2) is 29.1 Å². The van der Waals surface area contributed by atoms with Gasteiger partial charge in [0.15, 0.2) is 0 Å². The number of benzene rings is 1. The summed E-state index contributed by atoms with van der Waals surface area (Å²) < 4.78 is 5.61. The monoisotopic (exact) mass is 340 g/mol. The molecule has 0 saturated heterocycles. The van der Waals surface area contributed by atoms with Crippen LogP contribution in [0.2, 0.25) is 5.02 Å². The zero-order valence-electron chi connectivity index (χ0n) is 11.9. The van der Waals surface area contributed by atoms with E-state index in [9.17, 15) is 4.79 Å². The number of hydrogen-bond donors (Lipinski definition) is 2. The first-order chi connectivity index (χ1) is 10.7. The predicted molar refractivity (Wildman–Crippen MR) is 86.3 cm³/mol. The third-order valence-corrected chi connectivity index (χ3v) is 3.90. The fraction of sp³-hybridized carbons (Fsp3) is 0.333. The van der Waals surface area contributed by atoms with Gasteiger partial charge in [0.1, 0.15) is 17.4 Å². The van der Waals surface area contributed by atoms with Gasteiger partial charge in [-0.3, -0.25) is 4.79 Å². The molecule has 2 rings (SSSR count). The maximum atomic E-state index is 11.6. The molecule has 0 aliphatic rings. The molecule has 22 heavy (non-hydrogen) atoms. The number of nitrogens with one attached hydrogen (secondary N) is 1. The molecule has 0 aliphatic carbocycles. The molecule has 0 bridgehead atoms. The van der Waals surface area contributed by atoms with Gasteiger partial charge in [0.2, 0.25) is 5.91 Å². The van der Waals surface area contributed by atoms with E-state index in [4.69, 9.17) is 21.4 Å². The van der Waals surface area contributed by atoms with Gasteiger partial charge in [-0.1, -0.05) is 11.6 Å². The maximum Gasteiger partial charge on any atom is 0.226 e. The van der Waals surface area contributed by atoms with Crippen LogP contribution in [0.3, 0.4) is 0 Å². The summed E-state index contributed by atoms with van der Waals surface area (Å²) in [6.45, 7) is 0.910. The van der Waals surface area contributed by atoms with Gasteiger partial charge in [-0.05, 0) is 30.7 Å². The number of aliphatic hydroxyl groups is 1. The van der Waals surface area contributed by atoms with Gasteiger partial charge in [-0.15, -0.1) is 11.3 Å². The lowest BCUT2D eigenvalue weighted by Gasteiger charge is -2.03. The van der Waals surface area contributed by atoms with Crippen molar-refractivity contribution in [3.8, 4) is 5.75 Å². The van der Waals surface area contributed by atoms with Gasteiger partial charge in [-0.2, -0.15) is 0 Å². The molecule has 5 nitrogen and oxygen atoms in total. The number of carbonyl (C=O) groups excluding carboxylic acids is 1. The molecule has 118 valence electrons. The van der Waals surface area contributed by atoms with Crippen LogP contribution in [-0.2, 0) is 17.8 Å². The number of halogens is 1. The average molecular weight is 341 g/mol. The second-order valence-electron chi connectivity index (χ2n) is 4.58. The van der Waals surface area contributed by atoms with Gasteiger partial charge in [0.25, 0.3) is 0 Å². The van der Waals surface area contributed by atoms with E-state index in [2.05, 4.69) is 10.3 Å². The number of thiazole rings is 1. The van der Waals surface area contributed by atoms with Crippen molar-refractivity contribution in [2.45, 2.75) is 19.4 Å². The minimum atomic E-state index is -0.0936. The first-order valence-corrected chi connectivity index (χ1v) is 8.12. The number of amides is 1. The number of ether oxygens (including phenoxy) is 1. The van der Waals surface area contributed by atoms with Crippen LogP contribution < -0.4 is 10.1 Å². The fourth-order valence-electron chi connectivity index (χ4n) is 1.71. The Morgan fingerprint density at radius 2 is 2.14 bits per heavy atom. The maximum absolute atomic E-state index is 11.6. The molecule has 0 spiro atoms. The molecular formula is C15H17ClN2O3S. The molecular weight excluding hydrogens is 324 g/mol. The molecule has 0 atom stereocenters. The van der Waals surface area contributed by atoms with Crippen molar-refractivity contribution in [1.29, 1.82) is 0 Å². The first-order valence-electron chi connectivity index (χ1n) is 6.86. The highest BCUT2D eigenvalue weighted by atomic mass is 35.5. The summed E-state index contributed by atoms with van der Waals surface area (Å²) in [7, 11) is 0. The minimum absolute atomic E-state index is 0.0726. The van der Waals surface area contributed by atoms with Crippen molar-refractivity contribution in [3.63, 3.8) is 0 Å². The Labute approximate surface area is 137 Å². The standard InChI is InChI=1S/C15H17ClN2O3S/c16-11-2-4-13(5-3-11)21-9-15-18-12(10-22-15)8-14(20)17-6-1-7-19/h2-5,10,19H,1,6-9H2,(H,17,20). The Hall–Kier alpha value is -1.63. The molecule has 0 saturated carbocycles. The summed E-state index contributed by atoms with van der Waals surface area (Å²) in [5.74, 6) is 0.631. The van der Waals surface area contributed by atoms with Gasteiger partial charge in [-0.25, -0.2) is 4.98 Å². The summed E-state index contributed by atoms with van der Waals surface area (Å²) >= 11 is 7.27. The average Bonchev–Trinajstić information content (AvgIpc) is 2.94. The SMILES string of the molecule is O=C(Cc1csc(COc2ccc(Cl)cc2)n1)NCCCO. The van der Waals surface area contributed by atoms with Gasteiger partial charge in [0.05, 0.1) is 12.1 Å². The van der Waals surface area contributed by atoms with Crippen molar-refractivity contribution in [1.82, 2.24) is 10.3 Å². The zero-order chi connectivity index (χ0) is 15.8.